The second-order valence-corrected chi connectivity index (χ2v) is 10.6. The average molecular weight is 565 g/mol. The van der Waals surface area contributed by atoms with E-state index in [2.05, 4.69) is 10.6 Å². The van der Waals surface area contributed by atoms with Crippen LogP contribution >= 0.6 is 0 Å². The Balaban J connectivity index is 0.00000441. The largest absolute Gasteiger partial charge is 0.630 e. The quantitative estimate of drug-likeness (QED) is 0.359. The summed E-state index contributed by atoms with van der Waals surface area (Å²) >= 11 is 0. The van der Waals surface area contributed by atoms with Gasteiger partial charge < -0.3 is 41.2 Å². The van der Waals surface area contributed by atoms with Crippen LogP contribution in [0.1, 0.15) is 50.8 Å². The summed E-state index contributed by atoms with van der Waals surface area (Å²) in [7, 11) is 0. The molecule has 0 spiro atoms. The molecule has 0 radical (unpaired) electrons. The lowest BCUT2D eigenvalue weighted by atomic mass is 9.90. The number of hydrogen-bond donors (Lipinski definition) is 3. The Labute approximate surface area is 230 Å². The van der Waals surface area contributed by atoms with E-state index in [4.69, 9.17) is 9.47 Å². The first-order valence-electron chi connectivity index (χ1n) is 12.7. The molecule has 0 aromatic heterocycles. The number of halogens is 2. The molecule has 0 unspecified atom stereocenters. The van der Waals surface area contributed by atoms with E-state index in [1.165, 1.54) is 11.0 Å². The van der Waals surface area contributed by atoms with Crippen molar-refractivity contribution in [2.24, 2.45) is 5.92 Å². The predicted molar refractivity (Wildman–Crippen MR) is 140 cm³/mol. The number of carbonyl (C=O) groups excluding carboxylic acids is 3. The number of nitrogens with zero attached hydrogens (tertiary/aromatic N) is 1. The summed E-state index contributed by atoms with van der Waals surface area (Å²) in [5, 5.41) is 16.4. The normalized spacial score (nSPS) is 17.9. The van der Waals surface area contributed by atoms with Gasteiger partial charge in [-0.05, 0) is 68.9 Å². The molecular weight excluding hydrogens is 530 g/mol. The van der Waals surface area contributed by atoms with Gasteiger partial charge in [-0.25, -0.2) is 13.6 Å². The highest BCUT2D eigenvalue weighted by molar-refractivity contribution is 6.00. The van der Waals surface area contributed by atoms with Crippen molar-refractivity contribution in [2.75, 3.05) is 18.5 Å². The van der Waals surface area contributed by atoms with Crippen molar-refractivity contribution >= 4 is 29.3 Å². The molecule has 2 aromatic carbocycles. The summed E-state index contributed by atoms with van der Waals surface area (Å²) < 4.78 is 39.5. The lowest BCUT2D eigenvalue weighted by molar-refractivity contribution is -0.497. The number of nitrogens with one attached hydrogen (secondary N) is 2. The van der Waals surface area contributed by atoms with Gasteiger partial charge >= 0.3 is 6.09 Å². The first-order chi connectivity index (χ1) is 18.5. The number of nitrogens with two attached hydrogens (primary N) is 1. The van der Waals surface area contributed by atoms with Crippen LogP contribution in [-0.4, -0.2) is 53.1 Å². The van der Waals surface area contributed by atoms with Crippen molar-refractivity contribution in [3.8, 4) is 0 Å². The van der Waals surface area contributed by atoms with Crippen molar-refractivity contribution in [3.63, 3.8) is 0 Å². The van der Waals surface area contributed by atoms with Crippen LogP contribution < -0.4 is 16.1 Å². The summed E-state index contributed by atoms with van der Waals surface area (Å²) in [6.45, 7) is 5.86. The fourth-order valence-electron chi connectivity index (χ4n) is 4.87. The Morgan fingerprint density at radius 1 is 1.12 bits per heavy atom. The summed E-state index contributed by atoms with van der Waals surface area (Å²) in [6, 6.07) is 5.46. The highest BCUT2D eigenvalue weighted by Crippen LogP contribution is 2.37. The second-order valence-electron chi connectivity index (χ2n) is 10.6. The SMILES string of the molecule is CC(C)(C)OC(=O)N[C@H](C(=O)N1Cc2ccc([NH2+][O-])cc2[C@H]1C(=O)Nc1c(F)cccc1F)C1CCOCC1.O. The molecule has 0 aliphatic carbocycles. The second kappa shape index (κ2) is 12.7. The first-order valence-corrected chi connectivity index (χ1v) is 12.7. The zero-order valence-electron chi connectivity index (χ0n) is 22.5. The molecule has 1 fully saturated rings. The zero-order valence-corrected chi connectivity index (χ0v) is 22.5. The summed E-state index contributed by atoms with van der Waals surface area (Å²) in [5.74, 6) is -3.69. The van der Waals surface area contributed by atoms with E-state index in [1.807, 2.05) is 0 Å². The number of rotatable bonds is 6. The molecule has 2 aliphatic rings. The lowest BCUT2D eigenvalue weighted by Gasteiger charge is -2.35. The minimum absolute atomic E-state index is 0. The fraction of sp³-hybridized carbons (Fsp3) is 0.444. The van der Waals surface area contributed by atoms with E-state index in [0.717, 1.165) is 18.2 Å². The number of benzene rings is 2. The van der Waals surface area contributed by atoms with Gasteiger partial charge in [-0.3, -0.25) is 9.59 Å². The number of alkyl carbamates (subject to hydrolysis) is 1. The first kappa shape index (κ1) is 30.9. The minimum Gasteiger partial charge on any atom is -0.630 e. The minimum atomic E-state index is -1.31. The number of carbonyl (C=O) groups is 3. The number of anilines is 1. The lowest BCUT2D eigenvalue weighted by Crippen LogP contribution is -2.70. The Hall–Kier alpha value is -3.65. The van der Waals surface area contributed by atoms with Crippen LogP contribution in [0.2, 0.25) is 0 Å². The number of quaternary nitrogens is 1. The Bertz CT molecular complexity index is 1230. The molecule has 6 N–H and O–H groups in total. The van der Waals surface area contributed by atoms with Crippen molar-refractivity contribution in [2.45, 2.75) is 57.8 Å². The summed E-state index contributed by atoms with van der Waals surface area (Å²) in [5.41, 5.74) is 0.352. The van der Waals surface area contributed by atoms with E-state index in [9.17, 15) is 28.4 Å². The molecule has 218 valence electrons. The maximum Gasteiger partial charge on any atom is 0.408 e. The molecule has 4 rings (SSSR count). The number of para-hydroxylation sites is 1. The summed E-state index contributed by atoms with van der Waals surface area (Å²) in [6.07, 6.45) is 0.181. The van der Waals surface area contributed by atoms with Crippen molar-refractivity contribution in [3.05, 3.63) is 64.4 Å². The van der Waals surface area contributed by atoms with Crippen LogP contribution in [0.25, 0.3) is 0 Å². The van der Waals surface area contributed by atoms with Crippen molar-refractivity contribution in [1.29, 1.82) is 0 Å². The van der Waals surface area contributed by atoms with Gasteiger partial charge in [0, 0.05) is 25.8 Å². The smallest absolute Gasteiger partial charge is 0.408 e. The molecule has 0 saturated carbocycles. The molecule has 0 bridgehead atoms. The van der Waals surface area contributed by atoms with Gasteiger partial charge in [-0.1, -0.05) is 12.1 Å². The van der Waals surface area contributed by atoms with Crippen LogP contribution in [0.4, 0.5) is 25.0 Å². The van der Waals surface area contributed by atoms with Crippen LogP contribution in [-0.2, 0) is 25.6 Å². The van der Waals surface area contributed by atoms with Crippen LogP contribution in [0.15, 0.2) is 36.4 Å². The molecular formula is C27H34F2N4O7. The van der Waals surface area contributed by atoms with Gasteiger partial charge in [0.1, 0.15) is 40.7 Å². The van der Waals surface area contributed by atoms with Gasteiger partial charge in [-0.2, -0.15) is 0 Å². The van der Waals surface area contributed by atoms with E-state index in [-0.39, 0.29) is 23.6 Å². The summed E-state index contributed by atoms with van der Waals surface area (Å²) in [4.78, 5) is 41.6. The third-order valence-electron chi connectivity index (χ3n) is 6.67. The standard InChI is InChI=1S/C27H32F2N4O6.H2O/c1-27(2,3)39-26(36)31-21(15-9-11-38-12-10-15)25(35)33-14-16-7-8-17(32-37)13-18(16)23(33)24(34)30-22-19(28)5-4-6-20(22)29;/h4-8,13,15,21,23H,9-12,14,32H2,1-3H3,(H,30,34)(H,31,36);1H2/t21-,23-;/m0./s1. The van der Waals surface area contributed by atoms with Crippen LogP contribution in [0, 0.1) is 22.8 Å². The van der Waals surface area contributed by atoms with Crippen LogP contribution in [0.5, 0.6) is 0 Å². The van der Waals surface area contributed by atoms with Crippen molar-refractivity contribution in [1.82, 2.24) is 10.2 Å². The zero-order chi connectivity index (χ0) is 28.3. The van der Waals surface area contributed by atoms with Gasteiger partial charge in [0.15, 0.2) is 0 Å². The Morgan fingerprint density at radius 2 is 1.77 bits per heavy atom. The van der Waals surface area contributed by atoms with Gasteiger partial charge in [0.25, 0.3) is 5.91 Å². The van der Waals surface area contributed by atoms with Gasteiger partial charge in [0.05, 0.1) is 0 Å². The third kappa shape index (κ3) is 6.91. The Kier molecular flexibility index (Phi) is 9.79. The number of ether oxygens (including phenoxy) is 2. The highest BCUT2D eigenvalue weighted by Gasteiger charge is 2.44. The average Bonchev–Trinajstić information content (AvgIpc) is 3.27. The molecule has 2 aromatic rings. The molecule has 13 heteroatoms. The highest BCUT2D eigenvalue weighted by atomic mass is 19.1. The molecule has 3 amide bonds. The van der Waals surface area contributed by atoms with Gasteiger partial charge in [0.2, 0.25) is 5.91 Å². The molecule has 2 atom stereocenters. The van der Waals surface area contributed by atoms with E-state index < -0.39 is 52.9 Å². The molecule has 11 nitrogen and oxygen atoms in total. The van der Waals surface area contributed by atoms with E-state index in [0.29, 0.717) is 42.7 Å². The number of fused-ring (bicyclic) bond motifs is 1. The fourth-order valence-corrected chi connectivity index (χ4v) is 4.87. The van der Waals surface area contributed by atoms with E-state index in [1.54, 1.807) is 32.9 Å². The van der Waals surface area contributed by atoms with E-state index >= 15 is 0 Å². The third-order valence-corrected chi connectivity index (χ3v) is 6.67. The van der Waals surface area contributed by atoms with Crippen molar-refractivity contribution < 1.29 is 43.6 Å². The van der Waals surface area contributed by atoms with Gasteiger partial charge in [-0.15, -0.1) is 0 Å². The Morgan fingerprint density at radius 3 is 2.38 bits per heavy atom. The van der Waals surface area contributed by atoms with Crippen LogP contribution in [0.3, 0.4) is 0 Å². The molecule has 2 heterocycles. The predicted octanol–water partition coefficient (Wildman–Crippen LogP) is 2.17. The number of hydrogen-bond acceptors (Lipinski definition) is 6. The molecule has 2 aliphatic heterocycles. The molecule has 40 heavy (non-hydrogen) atoms. The number of amides is 3. The monoisotopic (exact) mass is 564 g/mol. The maximum absolute atomic E-state index is 14.4. The topological polar surface area (TPSA) is 168 Å². The maximum atomic E-state index is 14.4. The molecule has 1 saturated heterocycles.